The van der Waals surface area contributed by atoms with Gasteiger partial charge in [0, 0.05) is 12.6 Å². The average Bonchev–Trinajstić information content (AvgIpc) is 2.72. The van der Waals surface area contributed by atoms with E-state index < -0.39 is 5.97 Å². The highest BCUT2D eigenvalue weighted by Crippen LogP contribution is 2.27. The molecule has 1 aromatic heterocycles. The number of nitrogens with zero attached hydrogens (tertiary/aromatic N) is 2. The van der Waals surface area contributed by atoms with Gasteiger partial charge in [0.15, 0.2) is 5.82 Å². The SMILES string of the molecule is COc1ccccc1-c1nccc(COc2ccccc2CC(C)CC(=O)O)n1. The molecule has 0 bridgehead atoms. The van der Waals surface area contributed by atoms with E-state index in [1.807, 2.05) is 61.5 Å². The van der Waals surface area contributed by atoms with Crippen LogP contribution >= 0.6 is 0 Å². The highest BCUT2D eigenvalue weighted by molar-refractivity contribution is 5.67. The summed E-state index contributed by atoms with van der Waals surface area (Å²) in [5, 5.41) is 8.99. The molecule has 6 heteroatoms. The van der Waals surface area contributed by atoms with Crippen molar-refractivity contribution in [2.45, 2.75) is 26.4 Å². The lowest BCUT2D eigenvalue weighted by molar-refractivity contribution is -0.137. The van der Waals surface area contributed by atoms with Crippen molar-refractivity contribution in [3.63, 3.8) is 0 Å². The summed E-state index contributed by atoms with van der Waals surface area (Å²) in [7, 11) is 1.62. The summed E-state index contributed by atoms with van der Waals surface area (Å²) >= 11 is 0. The number of carboxylic acids is 1. The van der Waals surface area contributed by atoms with Crippen LogP contribution < -0.4 is 9.47 Å². The highest BCUT2D eigenvalue weighted by Gasteiger charge is 2.13. The maximum atomic E-state index is 10.9. The lowest BCUT2D eigenvalue weighted by Crippen LogP contribution is -2.08. The number of carbonyl (C=O) groups is 1. The van der Waals surface area contributed by atoms with E-state index in [9.17, 15) is 4.79 Å². The molecule has 0 aliphatic carbocycles. The van der Waals surface area contributed by atoms with Crippen molar-refractivity contribution >= 4 is 5.97 Å². The number of ether oxygens (including phenoxy) is 2. The second kappa shape index (κ2) is 9.68. The van der Waals surface area contributed by atoms with E-state index in [-0.39, 0.29) is 18.9 Å². The third-order valence-corrected chi connectivity index (χ3v) is 4.50. The molecule has 0 aliphatic rings. The number of hydrogen-bond acceptors (Lipinski definition) is 5. The number of para-hydroxylation sites is 2. The molecule has 1 heterocycles. The Hall–Kier alpha value is -3.41. The number of aliphatic carboxylic acids is 1. The molecule has 0 fully saturated rings. The summed E-state index contributed by atoms with van der Waals surface area (Å²) < 4.78 is 11.4. The van der Waals surface area contributed by atoms with E-state index in [0.29, 0.717) is 18.0 Å². The third-order valence-electron chi connectivity index (χ3n) is 4.50. The van der Waals surface area contributed by atoms with Crippen molar-refractivity contribution in [2.75, 3.05) is 7.11 Å². The molecular weight excluding hydrogens is 368 g/mol. The van der Waals surface area contributed by atoms with Gasteiger partial charge in [-0.3, -0.25) is 4.79 Å². The third kappa shape index (κ3) is 5.54. The summed E-state index contributed by atoms with van der Waals surface area (Å²) in [5.41, 5.74) is 2.55. The van der Waals surface area contributed by atoms with E-state index in [1.165, 1.54) is 0 Å². The van der Waals surface area contributed by atoms with E-state index in [1.54, 1.807) is 13.3 Å². The topological polar surface area (TPSA) is 81.5 Å². The number of carboxylic acid groups (broad SMARTS) is 1. The predicted molar refractivity (Wildman–Crippen MR) is 110 cm³/mol. The molecule has 0 saturated heterocycles. The molecule has 150 valence electrons. The van der Waals surface area contributed by atoms with Gasteiger partial charge >= 0.3 is 5.97 Å². The van der Waals surface area contributed by atoms with Crippen LogP contribution in [0.25, 0.3) is 11.4 Å². The van der Waals surface area contributed by atoms with Crippen LogP contribution in [0, 0.1) is 5.92 Å². The smallest absolute Gasteiger partial charge is 0.303 e. The van der Waals surface area contributed by atoms with Crippen molar-refractivity contribution in [1.29, 1.82) is 0 Å². The van der Waals surface area contributed by atoms with Gasteiger partial charge in [0.2, 0.25) is 0 Å². The monoisotopic (exact) mass is 392 g/mol. The van der Waals surface area contributed by atoms with Gasteiger partial charge in [-0.15, -0.1) is 0 Å². The molecule has 0 saturated carbocycles. The summed E-state index contributed by atoms with van der Waals surface area (Å²) in [6, 6.07) is 17.1. The van der Waals surface area contributed by atoms with Crippen LogP contribution in [0.3, 0.4) is 0 Å². The number of hydrogen-bond donors (Lipinski definition) is 1. The minimum atomic E-state index is -0.791. The Morgan fingerprint density at radius 3 is 2.55 bits per heavy atom. The highest BCUT2D eigenvalue weighted by atomic mass is 16.5. The van der Waals surface area contributed by atoms with E-state index in [4.69, 9.17) is 14.6 Å². The van der Waals surface area contributed by atoms with Crippen molar-refractivity contribution in [3.8, 4) is 22.9 Å². The van der Waals surface area contributed by atoms with Crippen LogP contribution in [0.4, 0.5) is 0 Å². The first-order valence-corrected chi connectivity index (χ1v) is 9.44. The summed E-state index contributed by atoms with van der Waals surface area (Å²) in [6.45, 7) is 2.21. The predicted octanol–water partition coefficient (Wildman–Crippen LogP) is 4.38. The molecule has 0 spiro atoms. The second-order valence-electron chi connectivity index (χ2n) is 6.88. The molecule has 3 aromatic rings. The fraction of sp³-hybridized carbons (Fsp3) is 0.261. The summed E-state index contributed by atoms with van der Waals surface area (Å²) in [6.07, 6.45) is 2.47. The molecule has 0 amide bonds. The first-order valence-electron chi connectivity index (χ1n) is 9.44. The van der Waals surface area contributed by atoms with Crippen molar-refractivity contribution in [3.05, 3.63) is 72.1 Å². The lowest BCUT2D eigenvalue weighted by Gasteiger charge is -2.14. The fourth-order valence-electron chi connectivity index (χ4n) is 3.15. The molecular formula is C23H24N2O4. The Morgan fingerprint density at radius 2 is 1.79 bits per heavy atom. The number of rotatable bonds is 9. The Kier molecular flexibility index (Phi) is 6.79. The normalized spacial score (nSPS) is 11.7. The van der Waals surface area contributed by atoms with Crippen LogP contribution in [0.2, 0.25) is 0 Å². The first-order chi connectivity index (χ1) is 14.1. The van der Waals surface area contributed by atoms with Gasteiger partial charge in [-0.25, -0.2) is 9.97 Å². The van der Waals surface area contributed by atoms with Crippen LogP contribution in [0.5, 0.6) is 11.5 Å². The van der Waals surface area contributed by atoms with Crippen LogP contribution in [-0.4, -0.2) is 28.2 Å². The zero-order valence-corrected chi connectivity index (χ0v) is 16.5. The number of aromatic nitrogens is 2. The van der Waals surface area contributed by atoms with Crippen LogP contribution in [-0.2, 0) is 17.8 Å². The quantitative estimate of drug-likeness (QED) is 0.582. The molecule has 1 unspecified atom stereocenters. The summed E-state index contributed by atoms with van der Waals surface area (Å²) in [4.78, 5) is 19.9. The van der Waals surface area contributed by atoms with Crippen molar-refractivity contribution in [2.24, 2.45) is 5.92 Å². The standard InChI is InChI=1S/C23H24N2O4/c1-16(14-22(26)27)13-17-7-3-5-9-20(17)29-15-18-11-12-24-23(25-18)19-8-4-6-10-21(19)28-2/h3-12,16H,13-15H2,1-2H3,(H,26,27). The number of benzene rings is 2. The van der Waals surface area contributed by atoms with Crippen molar-refractivity contribution < 1.29 is 19.4 Å². The zero-order valence-electron chi connectivity index (χ0n) is 16.5. The fourth-order valence-corrected chi connectivity index (χ4v) is 3.15. The molecule has 1 atom stereocenters. The molecule has 0 radical (unpaired) electrons. The number of methoxy groups -OCH3 is 1. The molecule has 1 N–H and O–H groups in total. The molecule has 0 aliphatic heterocycles. The Bertz CT molecular complexity index is 974. The van der Waals surface area contributed by atoms with E-state index in [0.717, 1.165) is 22.6 Å². The maximum Gasteiger partial charge on any atom is 0.303 e. The van der Waals surface area contributed by atoms with Gasteiger partial charge in [-0.05, 0) is 42.2 Å². The Labute approximate surface area is 170 Å². The van der Waals surface area contributed by atoms with Gasteiger partial charge in [0.1, 0.15) is 18.1 Å². The van der Waals surface area contributed by atoms with Crippen molar-refractivity contribution in [1.82, 2.24) is 9.97 Å². The average molecular weight is 392 g/mol. The van der Waals surface area contributed by atoms with Gasteiger partial charge in [-0.2, -0.15) is 0 Å². The Balaban J connectivity index is 1.73. The molecule has 6 nitrogen and oxygen atoms in total. The maximum absolute atomic E-state index is 10.9. The van der Waals surface area contributed by atoms with E-state index >= 15 is 0 Å². The second-order valence-corrected chi connectivity index (χ2v) is 6.88. The molecule has 2 aromatic carbocycles. The van der Waals surface area contributed by atoms with Crippen LogP contribution in [0.15, 0.2) is 60.8 Å². The van der Waals surface area contributed by atoms with Gasteiger partial charge in [0.05, 0.1) is 18.4 Å². The minimum Gasteiger partial charge on any atom is -0.496 e. The molecule has 29 heavy (non-hydrogen) atoms. The molecule has 3 rings (SSSR count). The zero-order chi connectivity index (χ0) is 20.6. The van der Waals surface area contributed by atoms with Gasteiger partial charge < -0.3 is 14.6 Å². The van der Waals surface area contributed by atoms with Gasteiger partial charge in [0.25, 0.3) is 0 Å². The van der Waals surface area contributed by atoms with Gasteiger partial charge in [-0.1, -0.05) is 37.3 Å². The lowest BCUT2D eigenvalue weighted by atomic mass is 9.97. The van der Waals surface area contributed by atoms with E-state index in [2.05, 4.69) is 9.97 Å². The summed E-state index contributed by atoms with van der Waals surface area (Å²) in [5.74, 6) is 1.26. The largest absolute Gasteiger partial charge is 0.496 e. The Morgan fingerprint density at radius 1 is 1.07 bits per heavy atom. The van der Waals surface area contributed by atoms with Crippen LogP contribution in [0.1, 0.15) is 24.6 Å². The minimum absolute atomic E-state index is 0.0217. The first kappa shape index (κ1) is 20.3.